The van der Waals surface area contributed by atoms with Gasteiger partial charge in [0.05, 0.1) is 5.56 Å². The van der Waals surface area contributed by atoms with Crippen LogP contribution in [0.2, 0.25) is 5.02 Å². The molecule has 0 aliphatic heterocycles. The molecule has 1 unspecified atom stereocenters. The number of nitrogen functional groups attached to an aromatic ring is 1. The van der Waals surface area contributed by atoms with Crippen LogP contribution < -0.4 is 5.73 Å². The van der Waals surface area contributed by atoms with Crippen LogP contribution >= 0.6 is 11.6 Å². The van der Waals surface area contributed by atoms with Gasteiger partial charge in [-0.3, -0.25) is 0 Å². The normalized spacial score (nSPS) is 13.4. The van der Waals surface area contributed by atoms with Gasteiger partial charge in [-0.1, -0.05) is 28.9 Å². The Morgan fingerprint density at radius 2 is 1.89 bits per heavy atom. The first-order valence-electron chi connectivity index (χ1n) is 5.50. The average Bonchev–Trinajstić information content (AvgIpc) is 2.70. The summed E-state index contributed by atoms with van der Waals surface area (Å²) in [4.78, 5) is 0. The number of anilines is 1. The fraction of sp³-hybridized carbons (Fsp3) is 0.250. The van der Waals surface area contributed by atoms with E-state index in [-0.39, 0.29) is 11.6 Å². The zero-order valence-corrected chi connectivity index (χ0v) is 12.0. The number of sulfone groups is 1. The van der Waals surface area contributed by atoms with E-state index in [4.69, 9.17) is 21.9 Å². The predicted molar refractivity (Wildman–Crippen MR) is 74.6 cm³/mol. The molecule has 0 aliphatic rings. The van der Waals surface area contributed by atoms with Crippen LogP contribution in [0, 0.1) is 0 Å². The molecule has 1 aromatic heterocycles. The fourth-order valence-corrected chi connectivity index (χ4v) is 2.37. The van der Waals surface area contributed by atoms with E-state index >= 15 is 0 Å². The van der Waals surface area contributed by atoms with Gasteiger partial charge in [0.1, 0.15) is 5.25 Å². The largest absolute Gasteiger partial charge is 0.380 e. The van der Waals surface area contributed by atoms with Crippen molar-refractivity contribution in [3.63, 3.8) is 0 Å². The number of nitrogens with two attached hydrogens (primary N) is 1. The standard InChI is InChI=1S/C12H13ClN2O3S/c1-7(19(2,16)17)11-10(12(14)15-18-11)8-3-5-9(13)6-4-8/h3-7H,1-2H3,(H2,14,15). The summed E-state index contributed by atoms with van der Waals surface area (Å²) in [6.07, 6.45) is 1.14. The summed E-state index contributed by atoms with van der Waals surface area (Å²) < 4.78 is 28.3. The molecule has 0 aliphatic carbocycles. The summed E-state index contributed by atoms with van der Waals surface area (Å²) in [5.74, 6) is 0.398. The molecule has 1 atom stereocenters. The molecule has 1 heterocycles. The second-order valence-electron chi connectivity index (χ2n) is 4.29. The lowest BCUT2D eigenvalue weighted by molar-refractivity contribution is 0.385. The monoisotopic (exact) mass is 300 g/mol. The van der Waals surface area contributed by atoms with E-state index in [2.05, 4.69) is 5.16 Å². The Morgan fingerprint density at radius 3 is 2.42 bits per heavy atom. The number of rotatable bonds is 3. The van der Waals surface area contributed by atoms with E-state index < -0.39 is 15.1 Å². The van der Waals surface area contributed by atoms with Crippen molar-refractivity contribution in [3.8, 4) is 11.1 Å². The first-order chi connectivity index (χ1) is 8.80. The van der Waals surface area contributed by atoms with Crippen LogP contribution in [-0.2, 0) is 9.84 Å². The Kier molecular flexibility index (Phi) is 3.56. The molecule has 0 spiro atoms. The molecule has 19 heavy (non-hydrogen) atoms. The lowest BCUT2D eigenvalue weighted by Gasteiger charge is -2.08. The third kappa shape index (κ3) is 2.74. The number of benzene rings is 1. The lowest BCUT2D eigenvalue weighted by atomic mass is 10.0. The minimum absolute atomic E-state index is 0.160. The fourth-order valence-electron chi connectivity index (χ4n) is 1.69. The molecule has 5 nitrogen and oxygen atoms in total. The molecular weight excluding hydrogens is 288 g/mol. The Bertz CT molecular complexity index is 692. The SMILES string of the molecule is CC(c1onc(N)c1-c1ccc(Cl)cc1)S(C)(=O)=O. The van der Waals surface area contributed by atoms with Crippen LogP contribution in [0.4, 0.5) is 5.82 Å². The van der Waals surface area contributed by atoms with Crippen LogP contribution in [-0.4, -0.2) is 19.8 Å². The molecule has 0 radical (unpaired) electrons. The van der Waals surface area contributed by atoms with E-state index in [1.54, 1.807) is 24.3 Å². The van der Waals surface area contributed by atoms with Crippen molar-refractivity contribution in [2.45, 2.75) is 12.2 Å². The van der Waals surface area contributed by atoms with E-state index in [1.165, 1.54) is 6.92 Å². The topological polar surface area (TPSA) is 86.2 Å². The summed E-state index contributed by atoms with van der Waals surface area (Å²) in [5, 5.41) is 3.42. The maximum atomic E-state index is 11.6. The van der Waals surface area contributed by atoms with Crippen LogP contribution in [0.5, 0.6) is 0 Å². The maximum absolute atomic E-state index is 11.6. The third-order valence-electron chi connectivity index (χ3n) is 2.89. The molecule has 2 aromatic rings. The van der Waals surface area contributed by atoms with Gasteiger partial charge in [0, 0.05) is 11.3 Å². The second kappa shape index (κ2) is 4.86. The van der Waals surface area contributed by atoms with Crippen molar-refractivity contribution < 1.29 is 12.9 Å². The van der Waals surface area contributed by atoms with Gasteiger partial charge in [-0.05, 0) is 24.6 Å². The van der Waals surface area contributed by atoms with Crippen molar-refractivity contribution >= 4 is 27.3 Å². The molecule has 0 amide bonds. The van der Waals surface area contributed by atoms with Crippen LogP contribution in [0.1, 0.15) is 17.9 Å². The first kappa shape index (κ1) is 13.9. The molecule has 0 fully saturated rings. The summed E-state index contributed by atoms with van der Waals surface area (Å²) in [6, 6.07) is 6.86. The Balaban J connectivity index is 2.58. The Hall–Kier alpha value is -1.53. The van der Waals surface area contributed by atoms with Gasteiger partial charge in [0.25, 0.3) is 0 Å². The highest BCUT2D eigenvalue weighted by atomic mass is 35.5. The highest BCUT2D eigenvalue weighted by Gasteiger charge is 2.27. The van der Waals surface area contributed by atoms with Crippen LogP contribution in [0.25, 0.3) is 11.1 Å². The predicted octanol–water partition coefficient (Wildman–Crippen LogP) is 2.68. The molecular formula is C12H13ClN2O3S. The Morgan fingerprint density at radius 1 is 1.32 bits per heavy atom. The van der Waals surface area contributed by atoms with Crippen LogP contribution in [0.3, 0.4) is 0 Å². The van der Waals surface area contributed by atoms with Gasteiger partial charge >= 0.3 is 0 Å². The van der Waals surface area contributed by atoms with E-state index in [0.717, 1.165) is 6.26 Å². The number of hydrogen-bond donors (Lipinski definition) is 1. The van der Waals surface area contributed by atoms with Gasteiger partial charge < -0.3 is 10.3 Å². The minimum Gasteiger partial charge on any atom is -0.380 e. The highest BCUT2D eigenvalue weighted by molar-refractivity contribution is 7.90. The molecule has 2 N–H and O–H groups in total. The van der Waals surface area contributed by atoms with Crippen molar-refractivity contribution in [3.05, 3.63) is 35.0 Å². The van der Waals surface area contributed by atoms with E-state index in [9.17, 15) is 8.42 Å². The second-order valence-corrected chi connectivity index (χ2v) is 7.09. The van der Waals surface area contributed by atoms with Gasteiger partial charge in [0.15, 0.2) is 21.4 Å². The summed E-state index contributed by atoms with van der Waals surface area (Å²) in [5.41, 5.74) is 6.97. The van der Waals surface area contributed by atoms with Crippen molar-refractivity contribution in [2.24, 2.45) is 0 Å². The lowest BCUT2D eigenvalue weighted by Crippen LogP contribution is -2.08. The van der Waals surface area contributed by atoms with Crippen molar-refractivity contribution in [1.82, 2.24) is 5.16 Å². The quantitative estimate of drug-likeness (QED) is 0.941. The van der Waals surface area contributed by atoms with E-state index in [0.29, 0.717) is 16.1 Å². The molecule has 0 saturated carbocycles. The third-order valence-corrected chi connectivity index (χ3v) is 4.64. The van der Waals surface area contributed by atoms with E-state index in [1.807, 2.05) is 0 Å². The van der Waals surface area contributed by atoms with Gasteiger partial charge in [-0.15, -0.1) is 0 Å². The molecule has 1 aromatic carbocycles. The molecule has 7 heteroatoms. The smallest absolute Gasteiger partial charge is 0.175 e. The zero-order valence-electron chi connectivity index (χ0n) is 10.4. The van der Waals surface area contributed by atoms with Gasteiger partial charge in [-0.25, -0.2) is 8.42 Å². The minimum atomic E-state index is -3.30. The Labute approximate surface area is 116 Å². The maximum Gasteiger partial charge on any atom is 0.175 e. The molecule has 2 rings (SSSR count). The van der Waals surface area contributed by atoms with Crippen molar-refractivity contribution in [2.75, 3.05) is 12.0 Å². The van der Waals surface area contributed by atoms with Crippen LogP contribution in [0.15, 0.2) is 28.8 Å². The van der Waals surface area contributed by atoms with Gasteiger partial charge in [-0.2, -0.15) is 0 Å². The summed E-state index contributed by atoms with van der Waals surface area (Å²) in [7, 11) is -3.30. The molecule has 102 valence electrons. The zero-order chi connectivity index (χ0) is 14.2. The molecule has 0 bridgehead atoms. The molecule has 0 saturated heterocycles. The number of hydrogen-bond acceptors (Lipinski definition) is 5. The summed E-state index contributed by atoms with van der Waals surface area (Å²) in [6.45, 7) is 1.54. The van der Waals surface area contributed by atoms with Gasteiger partial charge in [0.2, 0.25) is 0 Å². The number of halogens is 1. The summed E-state index contributed by atoms with van der Waals surface area (Å²) >= 11 is 5.82. The highest BCUT2D eigenvalue weighted by Crippen LogP contribution is 2.36. The number of aromatic nitrogens is 1. The average molecular weight is 301 g/mol. The first-order valence-corrected chi connectivity index (χ1v) is 7.84. The number of nitrogens with zero attached hydrogens (tertiary/aromatic N) is 1. The van der Waals surface area contributed by atoms with Crippen molar-refractivity contribution in [1.29, 1.82) is 0 Å².